The summed E-state index contributed by atoms with van der Waals surface area (Å²) in [6.07, 6.45) is -0.812. The Morgan fingerprint density at radius 2 is 1.68 bits per heavy atom. The Morgan fingerprint density at radius 3 is 2.09 bits per heavy atom. The van der Waals surface area contributed by atoms with Crippen molar-refractivity contribution >= 4 is 21.4 Å². The molecule has 0 amide bonds. The van der Waals surface area contributed by atoms with Gasteiger partial charge in [-0.15, -0.1) is 0 Å². The van der Waals surface area contributed by atoms with Crippen molar-refractivity contribution < 1.29 is 27.1 Å². The summed E-state index contributed by atoms with van der Waals surface area (Å²) in [5.41, 5.74) is 0.226. The highest BCUT2D eigenvalue weighted by Crippen LogP contribution is 2.33. The molecule has 1 saturated carbocycles. The Hall–Kier alpha value is -1.76. The number of rotatable bonds is 4. The molecule has 0 radical (unpaired) electrons. The normalized spacial score (nSPS) is 26.1. The molecule has 22 heavy (non-hydrogen) atoms. The lowest BCUT2D eigenvalue weighted by atomic mass is 9.99. The molecule has 1 aromatic carbocycles. The molecule has 1 fully saturated rings. The standard InChI is InChI=1S/C15H16F2O4S/c1-22(20,21)11-4-2-10(3-5-11)12(15(18)19)6-9-7-13(16)14(17)8-9/h2-6,9,13-14H,7-8H2,1H3,(H,18,19)/b12-6+. The summed E-state index contributed by atoms with van der Waals surface area (Å²) in [4.78, 5) is 11.4. The van der Waals surface area contributed by atoms with Gasteiger partial charge in [0.15, 0.2) is 9.84 Å². The average molecular weight is 330 g/mol. The van der Waals surface area contributed by atoms with Crippen LogP contribution in [-0.4, -0.2) is 38.1 Å². The molecule has 7 heteroatoms. The highest BCUT2D eigenvalue weighted by Gasteiger charge is 2.34. The summed E-state index contributed by atoms with van der Waals surface area (Å²) < 4.78 is 49.1. The zero-order chi connectivity index (χ0) is 16.5. The molecule has 1 N–H and O–H groups in total. The maximum absolute atomic E-state index is 13.2. The van der Waals surface area contributed by atoms with E-state index in [0.29, 0.717) is 5.56 Å². The van der Waals surface area contributed by atoms with Gasteiger partial charge in [-0.2, -0.15) is 0 Å². The first-order valence-electron chi connectivity index (χ1n) is 6.72. The van der Waals surface area contributed by atoms with Gasteiger partial charge >= 0.3 is 5.97 Å². The summed E-state index contributed by atoms with van der Waals surface area (Å²) >= 11 is 0. The van der Waals surface area contributed by atoms with E-state index >= 15 is 0 Å². The number of allylic oxidation sites excluding steroid dienone is 1. The van der Waals surface area contributed by atoms with Crippen molar-refractivity contribution in [2.24, 2.45) is 5.92 Å². The summed E-state index contributed by atoms with van der Waals surface area (Å²) in [7, 11) is -3.37. The molecule has 0 saturated heterocycles. The smallest absolute Gasteiger partial charge is 0.335 e. The highest BCUT2D eigenvalue weighted by molar-refractivity contribution is 7.90. The fraction of sp³-hybridized carbons (Fsp3) is 0.400. The van der Waals surface area contributed by atoms with Crippen molar-refractivity contribution in [3.63, 3.8) is 0 Å². The summed E-state index contributed by atoms with van der Waals surface area (Å²) in [5, 5.41) is 9.27. The average Bonchev–Trinajstić information content (AvgIpc) is 2.74. The molecular formula is C15H16F2O4S. The Kier molecular flexibility index (Phi) is 4.65. The Bertz CT molecular complexity index is 685. The van der Waals surface area contributed by atoms with Crippen molar-refractivity contribution in [1.82, 2.24) is 0 Å². The van der Waals surface area contributed by atoms with Gasteiger partial charge in [0.2, 0.25) is 0 Å². The van der Waals surface area contributed by atoms with E-state index in [1.54, 1.807) is 0 Å². The van der Waals surface area contributed by atoms with Crippen molar-refractivity contribution in [3.05, 3.63) is 35.9 Å². The number of aliphatic carboxylic acids is 1. The number of benzene rings is 1. The number of halogens is 2. The van der Waals surface area contributed by atoms with Crippen LogP contribution in [-0.2, 0) is 14.6 Å². The van der Waals surface area contributed by atoms with Crippen LogP contribution in [0.4, 0.5) is 8.78 Å². The van der Waals surface area contributed by atoms with Crippen LogP contribution in [0, 0.1) is 5.92 Å². The molecule has 2 atom stereocenters. The van der Waals surface area contributed by atoms with E-state index in [1.807, 2.05) is 0 Å². The fourth-order valence-electron chi connectivity index (χ4n) is 2.51. The molecule has 0 heterocycles. The van der Waals surface area contributed by atoms with Crippen LogP contribution < -0.4 is 0 Å². The lowest BCUT2D eigenvalue weighted by Gasteiger charge is -2.08. The zero-order valence-corrected chi connectivity index (χ0v) is 12.7. The van der Waals surface area contributed by atoms with Crippen molar-refractivity contribution in [2.75, 3.05) is 6.26 Å². The van der Waals surface area contributed by atoms with Gasteiger partial charge in [0, 0.05) is 6.26 Å². The molecule has 0 aromatic heterocycles. The van der Waals surface area contributed by atoms with E-state index in [1.165, 1.54) is 30.3 Å². The van der Waals surface area contributed by atoms with E-state index in [2.05, 4.69) is 0 Å². The van der Waals surface area contributed by atoms with Crippen molar-refractivity contribution in [1.29, 1.82) is 0 Å². The number of hydrogen-bond donors (Lipinski definition) is 1. The lowest BCUT2D eigenvalue weighted by molar-refractivity contribution is -0.130. The summed E-state index contributed by atoms with van der Waals surface area (Å²) in [6.45, 7) is 0. The van der Waals surface area contributed by atoms with Crippen LogP contribution in [0.25, 0.3) is 5.57 Å². The lowest BCUT2D eigenvalue weighted by Crippen LogP contribution is -2.06. The van der Waals surface area contributed by atoms with Crippen LogP contribution in [0.2, 0.25) is 0 Å². The van der Waals surface area contributed by atoms with E-state index in [4.69, 9.17) is 0 Å². The first-order chi connectivity index (χ1) is 10.2. The Balaban J connectivity index is 2.31. The number of alkyl halides is 2. The largest absolute Gasteiger partial charge is 0.478 e. The summed E-state index contributed by atoms with van der Waals surface area (Å²) in [5.74, 6) is -1.70. The molecule has 0 spiro atoms. The second kappa shape index (κ2) is 6.16. The van der Waals surface area contributed by atoms with Gasteiger partial charge in [-0.05, 0) is 36.5 Å². The number of carboxylic acids is 1. The van der Waals surface area contributed by atoms with Crippen molar-refractivity contribution in [2.45, 2.75) is 30.1 Å². The molecule has 0 aliphatic heterocycles. The molecule has 2 unspecified atom stereocenters. The molecule has 120 valence electrons. The van der Waals surface area contributed by atoms with Crippen molar-refractivity contribution in [3.8, 4) is 0 Å². The first kappa shape index (κ1) is 16.6. The van der Waals surface area contributed by atoms with Crippen LogP contribution in [0.5, 0.6) is 0 Å². The first-order valence-corrected chi connectivity index (χ1v) is 8.61. The third-order valence-electron chi connectivity index (χ3n) is 3.67. The SMILES string of the molecule is CS(=O)(=O)c1ccc(/C(=C\C2CC(F)C(F)C2)C(=O)O)cc1. The van der Waals surface area contributed by atoms with Gasteiger partial charge < -0.3 is 5.11 Å². The zero-order valence-electron chi connectivity index (χ0n) is 11.9. The van der Waals surface area contributed by atoms with Gasteiger partial charge in [-0.1, -0.05) is 18.2 Å². The third kappa shape index (κ3) is 3.71. The van der Waals surface area contributed by atoms with Gasteiger partial charge in [0.25, 0.3) is 0 Å². The van der Waals surface area contributed by atoms with Gasteiger partial charge in [0.1, 0.15) is 12.3 Å². The Morgan fingerprint density at radius 1 is 1.18 bits per heavy atom. The molecule has 1 aromatic rings. The number of sulfone groups is 1. The minimum Gasteiger partial charge on any atom is -0.478 e. The predicted octanol–water partition coefficient (Wildman–Crippen LogP) is 2.64. The van der Waals surface area contributed by atoms with Crippen LogP contribution in [0.15, 0.2) is 35.2 Å². The fourth-order valence-corrected chi connectivity index (χ4v) is 3.14. The third-order valence-corrected chi connectivity index (χ3v) is 4.80. The second-order valence-electron chi connectivity index (χ2n) is 5.45. The highest BCUT2D eigenvalue weighted by atomic mass is 32.2. The molecule has 0 bridgehead atoms. The van der Waals surface area contributed by atoms with E-state index in [9.17, 15) is 27.1 Å². The minimum atomic E-state index is -3.37. The number of carbonyl (C=O) groups is 1. The number of carboxylic acid groups (broad SMARTS) is 1. The quantitative estimate of drug-likeness (QED) is 0.862. The molecule has 2 rings (SSSR count). The van der Waals surface area contributed by atoms with Gasteiger partial charge in [-0.3, -0.25) is 0 Å². The van der Waals surface area contributed by atoms with Crippen LogP contribution in [0.1, 0.15) is 18.4 Å². The molecule has 4 nitrogen and oxygen atoms in total. The van der Waals surface area contributed by atoms with E-state index in [-0.39, 0.29) is 23.3 Å². The van der Waals surface area contributed by atoms with Crippen LogP contribution >= 0.6 is 0 Å². The molecule has 1 aliphatic carbocycles. The number of hydrogen-bond acceptors (Lipinski definition) is 3. The minimum absolute atomic E-state index is 0.0423. The topological polar surface area (TPSA) is 71.4 Å². The maximum Gasteiger partial charge on any atom is 0.335 e. The van der Waals surface area contributed by atoms with Gasteiger partial charge in [0.05, 0.1) is 10.5 Å². The molecular weight excluding hydrogens is 314 g/mol. The second-order valence-corrected chi connectivity index (χ2v) is 7.46. The van der Waals surface area contributed by atoms with Gasteiger partial charge in [-0.25, -0.2) is 22.0 Å². The Labute approximate surface area is 127 Å². The van der Waals surface area contributed by atoms with E-state index < -0.39 is 34.1 Å². The monoisotopic (exact) mass is 330 g/mol. The summed E-state index contributed by atoms with van der Waals surface area (Å²) in [6, 6.07) is 5.38. The van der Waals surface area contributed by atoms with Crippen LogP contribution in [0.3, 0.4) is 0 Å². The maximum atomic E-state index is 13.2. The predicted molar refractivity (Wildman–Crippen MR) is 77.7 cm³/mol. The van der Waals surface area contributed by atoms with E-state index in [0.717, 1.165) is 6.26 Å². The molecule has 1 aliphatic rings.